The van der Waals surface area contributed by atoms with Gasteiger partial charge in [0.1, 0.15) is 11.4 Å². The van der Waals surface area contributed by atoms with Gasteiger partial charge in [0.25, 0.3) is 0 Å². The van der Waals surface area contributed by atoms with Crippen molar-refractivity contribution >= 4 is 14.4 Å². The van der Waals surface area contributed by atoms with Crippen LogP contribution in [0.3, 0.4) is 0 Å². The lowest BCUT2D eigenvalue weighted by atomic mass is 10.0. The molecule has 23 heavy (non-hydrogen) atoms. The van der Waals surface area contributed by atoms with Crippen LogP contribution in [0.25, 0.3) is 0 Å². The zero-order valence-corrected chi connectivity index (χ0v) is 16.7. The van der Waals surface area contributed by atoms with Gasteiger partial charge in [-0.25, -0.2) is 9.18 Å². The summed E-state index contributed by atoms with van der Waals surface area (Å²) in [5.41, 5.74) is -2.26. The van der Waals surface area contributed by atoms with Crippen molar-refractivity contribution in [3.8, 4) is 0 Å². The Morgan fingerprint density at radius 3 is 2.22 bits per heavy atom. The predicted molar refractivity (Wildman–Crippen MR) is 93.7 cm³/mol. The average molecular weight is 346 g/mol. The Morgan fingerprint density at radius 2 is 1.83 bits per heavy atom. The molecule has 0 unspecified atom stereocenters. The van der Waals surface area contributed by atoms with E-state index < -0.39 is 25.7 Å². The van der Waals surface area contributed by atoms with Crippen LogP contribution in [-0.4, -0.2) is 43.7 Å². The Hall–Kier alpha value is -1.04. The second-order valence-electron chi connectivity index (χ2n) is 7.47. The van der Waals surface area contributed by atoms with Crippen molar-refractivity contribution in [1.29, 1.82) is 0 Å². The van der Waals surface area contributed by atoms with E-state index in [9.17, 15) is 4.79 Å². The van der Waals surface area contributed by atoms with Crippen molar-refractivity contribution in [1.82, 2.24) is 4.90 Å². The lowest BCUT2D eigenvalue weighted by molar-refractivity contribution is 0.0107. The molecule has 4 nitrogen and oxygen atoms in total. The molecule has 0 aliphatic carbocycles. The molecule has 0 aromatic heterocycles. The third kappa shape index (κ3) is 5.23. The first-order valence-electron chi connectivity index (χ1n) is 8.55. The summed E-state index contributed by atoms with van der Waals surface area (Å²) >= 11 is 0. The van der Waals surface area contributed by atoms with Crippen LogP contribution in [0.15, 0.2) is 11.8 Å². The Labute approximate surface area is 141 Å². The molecular formula is C17H32FNO3Si. The lowest BCUT2D eigenvalue weighted by Gasteiger charge is -2.40. The fourth-order valence-electron chi connectivity index (χ4n) is 2.72. The molecular weight excluding hydrogens is 313 g/mol. The number of halogens is 1. The fourth-order valence-corrected chi connectivity index (χ4v) is 5.42. The van der Waals surface area contributed by atoms with Gasteiger partial charge in [-0.1, -0.05) is 20.8 Å². The van der Waals surface area contributed by atoms with Crippen molar-refractivity contribution in [2.24, 2.45) is 0 Å². The Balaban J connectivity index is 2.88. The maximum atomic E-state index is 15.1. The highest BCUT2D eigenvalue weighted by atomic mass is 28.4. The standard InChI is InChI=1S/C17H32FNO3Si/c1-8-23(9-2,10-3)22-14-11-12-19(13-17(14,7)18)15(20)21-16(4,5)6/h11H,8-10,12-13H2,1-7H3/t17-/m1/s1. The monoisotopic (exact) mass is 345 g/mol. The highest BCUT2D eigenvalue weighted by Gasteiger charge is 2.42. The smallest absolute Gasteiger partial charge is 0.410 e. The van der Waals surface area contributed by atoms with Gasteiger partial charge < -0.3 is 14.1 Å². The number of ether oxygens (including phenoxy) is 1. The molecule has 1 aliphatic heterocycles. The predicted octanol–water partition coefficient (Wildman–Crippen LogP) is 4.87. The number of hydrogen-bond acceptors (Lipinski definition) is 3. The first kappa shape index (κ1) is 20.0. The summed E-state index contributed by atoms with van der Waals surface area (Å²) in [5.74, 6) is 0.398. The molecule has 0 radical (unpaired) electrons. The molecule has 0 aromatic carbocycles. The van der Waals surface area contributed by atoms with Crippen molar-refractivity contribution in [3.05, 3.63) is 11.8 Å². The van der Waals surface area contributed by atoms with Crippen LogP contribution in [0, 0.1) is 0 Å². The van der Waals surface area contributed by atoms with Crippen LogP contribution in [0.1, 0.15) is 48.5 Å². The van der Waals surface area contributed by atoms with Crippen LogP contribution >= 0.6 is 0 Å². The van der Waals surface area contributed by atoms with Crippen molar-refractivity contribution in [2.75, 3.05) is 13.1 Å². The number of carbonyl (C=O) groups excluding carboxylic acids is 1. The van der Waals surface area contributed by atoms with Crippen LogP contribution in [-0.2, 0) is 9.16 Å². The molecule has 1 aliphatic rings. The van der Waals surface area contributed by atoms with Gasteiger partial charge >= 0.3 is 6.09 Å². The summed E-state index contributed by atoms with van der Waals surface area (Å²) in [7, 11) is -1.92. The normalized spacial score (nSPS) is 22.6. The van der Waals surface area contributed by atoms with Crippen LogP contribution < -0.4 is 0 Å². The van der Waals surface area contributed by atoms with E-state index in [0.29, 0.717) is 12.3 Å². The largest absolute Gasteiger partial charge is 0.544 e. The van der Waals surface area contributed by atoms with Crippen LogP contribution in [0.4, 0.5) is 9.18 Å². The molecule has 134 valence electrons. The summed E-state index contributed by atoms with van der Waals surface area (Å²) < 4.78 is 26.6. The van der Waals surface area contributed by atoms with E-state index in [1.165, 1.54) is 11.8 Å². The van der Waals surface area contributed by atoms with Gasteiger partial charge in [0, 0.05) is 6.54 Å². The number of carbonyl (C=O) groups is 1. The van der Waals surface area contributed by atoms with Crippen LogP contribution in [0.5, 0.6) is 0 Å². The van der Waals surface area contributed by atoms with E-state index in [0.717, 1.165) is 18.1 Å². The minimum atomic E-state index is -1.92. The van der Waals surface area contributed by atoms with E-state index in [1.54, 1.807) is 26.8 Å². The van der Waals surface area contributed by atoms with E-state index in [2.05, 4.69) is 20.8 Å². The third-order valence-electron chi connectivity index (χ3n) is 4.41. The van der Waals surface area contributed by atoms with Crippen molar-refractivity contribution in [3.63, 3.8) is 0 Å². The Kier molecular flexibility index (Phi) is 6.30. The number of amides is 1. The zero-order chi connectivity index (χ0) is 17.9. The SMILES string of the molecule is CC[Si](CC)(CC)OC1=CCN(C(=O)OC(C)(C)C)C[C@@]1(C)F. The fraction of sp³-hybridized carbons (Fsp3) is 0.824. The molecule has 0 fully saturated rings. The maximum Gasteiger partial charge on any atom is 0.410 e. The zero-order valence-electron chi connectivity index (χ0n) is 15.7. The molecule has 0 spiro atoms. The number of nitrogens with zero attached hydrogens (tertiary/aromatic N) is 1. The lowest BCUT2D eigenvalue weighted by Crippen LogP contribution is -2.50. The van der Waals surface area contributed by atoms with Gasteiger partial charge in [-0.2, -0.15) is 0 Å². The molecule has 1 heterocycles. The van der Waals surface area contributed by atoms with Gasteiger partial charge in [-0.15, -0.1) is 0 Å². The molecule has 1 rings (SSSR count). The van der Waals surface area contributed by atoms with Crippen molar-refractivity contribution in [2.45, 2.75) is 77.9 Å². The van der Waals surface area contributed by atoms with Gasteiger partial charge in [0.2, 0.25) is 8.32 Å². The van der Waals surface area contributed by atoms with Gasteiger partial charge in [0.15, 0.2) is 5.67 Å². The topological polar surface area (TPSA) is 38.8 Å². The molecule has 0 aromatic rings. The third-order valence-corrected chi connectivity index (χ3v) is 8.93. The molecule has 1 amide bonds. The van der Waals surface area contributed by atoms with Gasteiger partial charge in [-0.3, -0.25) is 0 Å². The molecule has 0 N–H and O–H groups in total. The molecule has 0 saturated carbocycles. The number of hydrogen-bond donors (Lipinski definition) is 0. The second-order valence-corrected chi connectivity index (χ2v) is 12.2. The molecule has 6 heteroatoms. The summed E-state index contributed by atoms with van der Waals surface area (Å²) in [6.07, 6.45) is 1.22. The van der Waals surface area contributed by atoms with Crippen molar-refractivity contribution < 1.29 is 18.3 Å². The quantitative estimate of drug-likeness (QED) is 0.667. The highest BCUT2D eigenvalue weighted by Crippen LogP contribution is 2.34. The molecule has 0 bridgehead atoms. The van der Waals surface area contributed by atoms with Gasteiger partial charge in [-0.05, 0) is 51.9 Å². The number of alkyl halides is 1. The average Bonchev–Trinajstić information content (AvgIpc) is 2.44. The van der Waals surface area contributed by atoms with Crippen LogP contribution in [0.2, 0.25) is 18.1 Å². The van der Waals surface area contributed by atoms with E-state index in [4.69, 9.17) is 9.16 Å². The summed E-state index contributed by atoms with van der Waals surface area (Å²) in [6, 6.07) is 2.88. The van der Waals surface area contributed by atoms with E-state index >= 15 is 4.39 Å². The minimum Gasteiger partial charge on any atom is -0.544 e. The first-order chi connectivity index (χ1) is 10.5. The molecule has 1 atom stereocenters. The number of rotatable bonds is 5. The summed E-state index contributed by atoms with van der Waals surface area (Å²) in [5, 5.41) is 0. The minimum absolute atomic E-state index is 0.0324. The Morgan fingerprint density at radius 1 is 1.30 bits per heavy atom. The Bertz CT molecular complexity index is 445. The maximum absolute atomic E-state index is 15.1. The molecule has 0 saturated heterocycles. The van der Waals surface area contributed by atoms with Gasteiger partial charge in [0.05, 0.1) is 6.54 Å². The summed E-state index contributed by atoms with van der Waals surface area (Å²) in [4.78, 5) is 13.5. The first-order valence-corrected chi connectivity index (χ1v) is 11.1. The van der Waals surface area contributed by atoms with E-state index in [-0.39, 0.29) is 6.54 Å². The second kappa shape index (κ2) is 7.24. The highest BCUT2D eigenvalue weighted by molar-refractivity contribution is 6.73. The summed E-state index contributed by atoms with van der Waals surface area (Å²) in [6.45, 7) is 13.5. The van der Waals surface area contributed by atoms with E-state index in [1.807, 2.05) is 0 Å².